The van der Waals surface area contributed by atoms with Gasteiger partial charge in [-0.25, -0.2) is 0 Å². The molecule has 0 bridgehead atoms. The Balaban J connectivity index is 1.73. The van der Waals surface area contributed by atoms with Crippen molar-refractivity contribution in [2.45, 2.75) is 64.5 Å². The number of nitrogens with one attached hydrogen (secondary N) is 1. The van der Waals surface area contributed by atoms with E-state index < -0.39 is 0 Å². The maximum absolute atomic E-state index is 3.85. The highest BCUT2D eigenvalue weighted by Crippen LogP contribution is 2.28. The van der Waals surface area contributed by atoms with Crippen molar-refractivity contribution in [2.75, 3.05) is 0 Å². The van der Waals surface area contributed by atoms with Crippen LogP contribution in [0.2, 0.25) is 0 Å². The molecule has 0 saturated heterocycles. The molecule has 0 radical (unpaired) electrons. The van der Waals surface area contributed by atoms with Crippen LogP contribution in [0.3, 0.4) is 0 Å². The van der Waals surface area contributed by atoms with Crippen LogP contribution in [0.25, 0.3) is 0 Å². The molecular formula is C17H27N. The highest BCUT2D eigenvalue weighted by atomic mass is 15.0. The lowest BCUT2D eigenvalue weighted by Gasteiger charge is -2.24. The van der Waals surface area contributed by atoms with Crippen molar-refractivity contribution in [1.82, 2.24) is 5.32 Å². The zero-order valence-electron chi connectivity index (χ0n) is 11.9. The molecule has 0 aromatic heterocycles. The first kappa shape index (κ1) is 13.6. The summed E-state index contributed by atoms with van der Waals surface area (Å²) >= 11 is 0. The normalized spacial score (nSPS) is 25.2. The molecule has 1 aromatic carbocycles. The predicted molar refractivity (Wildman–Crippen MR) is 78.8 cm³/mol. The molecule has 0 amide bonds. The summed E-state index contributed by atoms with van der Waals surface area (Å²) < 4.78 is 0. The van der Waals surface area contributed by atoms with Crippen molar-refractivity contribution in [1.29, 1.82) is 0 Å². The maximum atomic E-state index is 3.85. The summed E-state index contributed by atoms with van der Waals surface area (Å²) in [5.41, 5.74) is 1.46. The molecule has 0 spiro atoms. The third-order valence-electron chi connectivity index (χ3n) is 4.39. The molecule has 1 heteroatoms. The van der Waals surface area contributed by atoms with E-state index in [9.17, 15) is 0 Å². The largest absolute Gasteiger partial charge is 0.311 e. The van der Waals surface area contributed by atoms with E-state index in [4.69, 9.17) is 0 Å². The molecule has 1 aliphatic carbocycles. The van der Waals surface area contributed by atoms with Crippen molar-refractivity contribution >= 4 is 0 Å². The van der Waals surface area contributed by atoms with Gasteiger partial charge in [-0.2, -0.15) is 0 Å². The highest BCUT2D eigenvalue weighted by molar-refractivity contribution is 5.14. The van der Waals surface area contributed by atoms with E-state index in [1.54, 1.807) is 0 Å². The fourth-order valence-electron chi connectivity index (χ4n) is 3.22. The van der Waals surface area contributed by atoms with Gasteiger partial charge in [-0.3, -0.25) is 0 Å². The zero-order chi connectivity index (χ0) is 12.8. The number of hydrogen-bond donors (Lipinski definition) is 1. The van der Waals surface area contributed by atoms with Crippen LogP contribution in [0.1, 0.15) is 51.5 Å². The number of aryl methyl sites for hydroxylation is 1. The van der Waals surface area contributed by atoms with Crippen LogP contribution in [0.15, 0.2) is 30.3 Å². The van der Waals surface area contributed by atoms with E-state index in [1.165, 1.54) is 44.1 Å². The van der Waals surface area contributed by atoms with Crippen molar-refractivity contribution < 1.29 is 0 Å². The highest BCUT2D eigenvalue weighted by Gasteiger charge is 2.26. The average molecular weight is 245 g/mol. The summed E-state index contributed by atoms with van der Waals surface area (Å²) in [5, 5.41) is 3.85. The quantitative estimate of drug-likeness (QED) is 0.793. The third kappa shape index (κ3) is 3.84. The summed E-state index contributed by atoms with van der Waals surface area (Å²) in [6, 6.07) is 12.3. The minimum atomic E-state index is 0.641. The monoisotopic (exact) mass is 245 g/mol. The topological polar surface area (TPSA) is 12.0 Å². The molecule has 1 N–H and O–H groups in total. The van der Waals surface area contributed by atoms with E-state index in [0.29, 0.717) is 6.04 Å². The van der Waals surface area contributed by atoms with Crippen molar-refractivity contribution in [3.8, 4) is 0 Å². The molecule has 1 fully saturated rings. The molecule has 0 heterocycles. The van der Waals surface area contributed by atoms with Crippen molar-refractivity contribution in [2.24, 2.45) is 5.92 Å². The summed E-state index contributed by atoms with van der Waals surface area (Å²) in [5.74, 6) is 0.921. The number of benzene rings is 1. The first-order chi connectivity index (χ1) is 8.79. The van der Waals surface area contributed by atoms with Crippen LogP contribution in [-0.2, 0) is 6.42 Å². The average Bonchev–Trinajstić information content (AvgIpc) is 2.85. The Morgan fingerprint density at radius 1 is 1.22 bits per heavy atom. The lowest BCUT2D eigenvalue weighted by Crippen LogP contribution is -2.38. The van der Waals surface area contributed by atoms with Gasteiger partial charge in [0, 0.05) is 12.1 Å². The van der Waals surface area contributed by atoms with E-state index in [1.807, 2.05) is 0 Å². The molecule has 1 nitrogen and oxygen atoms in total. The van der Waals surface area contributed by atoms with Crippen molar-refractivity contribution in [3.63, 3.8) is 0 Å². The van der Waals surface area contributed by atoms with Crippen LogP contribution in [-0.4, -0.2) is 12.1 Å². The van der Waals surface area contributed by atoms with E-state index in [0.717, 1.165) is 12.0 Å². The van der Waals surface area contributed by atoms with E-state index in [-0.39, 0.29) is 0 Å². The minimum absolute atomic E-state index is 0.641. The molecule has 3 unspecified atom stereocenters. The number of rotatable bonds is 6. The molecule has 100 valence electrons. The van der Waals surface area contributed by atoms with Crippen LogP contribution in [0, 0.1) is 5.92 Å². The Kier molecular flexibility index (Phi) is 5.25. The van der Waals surface area contributed by atoms with Crippen LogP contribution in [0.5, 0.6) is 0 Å². The SMILES string of the molecule is CCC1CCCC1NC(C)CCc1ccccc1. The molecule has 1 saturated carbocycles. The van der Waals surface area contributed by atoms with Gasteiger partial charge in [0.15, 0.2) is 0 Å². The second-order valence-corrected chi connectivity index (χ2v) is 5.80. The Morgan fingerprint density at radius 2 is 2.00 bits per heavy atom. The number of hydrogen-bond acceptors (Lipinski definition) is 1. The smallest absolute Gasteiger partial charge is 0.00977 e. The molecule has 1 aromatic rings. The van der Waals surface area contributed by atoms with E-state index >= 15 is 0 Å². The predicted octanol–water partition coefficient (Wildman–Crippen LogP) is 4.18. The summed E-state index contributed by atoms with van der Waals surface area (Å²) in [4.78, 5) is 0. The van der Waals surface area contributed by atoms with Gasteiger partial charge in [0.25, 0.3) is 0 Å². The van der Waals surface area contributed by atoms with E-state index in [2.05, 4.69) is 49.5 Å². The van der Waals surface area contributed by atoms with Gasteiger partial charge in [-0.15, -0.1) is 0 Å². The lowest BCUT2D eigenvalue weighted by atomic mass is 9.99. The van der Waals surface area contributed by atoms with Gasteiger partial charge < -0.3 is 5.32 Å². The Bertz CT molecular complexity index is 333. The third-order valence-corrected chi connectivity index (χ3v) is 4.39. The van der Waals surface area contributed by atoms with Crippen molar-refractivity contribution in [3.05, 3.63) is 35.9 Å². The fourth-order valence-corrected chi connectivity index (χ4v) is 3.22. The van der Waals surface area contributed by atoms with Gasteiger partial charge in [-0.05, 0) is 44.1 Å². The fraction of sp³-hybridized carbons (Fsp3) is 0.647. The molecule has 2 rings (SSSR count). The Morgan fingerprint density at radius 3 is 2.72 bits per heavy atom. The first-order valence-corrected chi connectivity index (χ1v) is 7.59. The first-order valence-electron chi connectivity index (χ1n) is 7.59. The molecule has 1 aliphatic rings. The lowest BCUT2D eigenvalue weighted by molar-refractivity contribution is 0.348. The molecule has 0 aliphatic heterocycles. The molecule has 18 heavy (non-hydrogen) atoms. The van der Waals surface area contributed by atoms with Gasteiger partial charge in [0.2, 0.25) is 0 Å². The van der Waals surface area contributed by atoms with Crippen LogP contribution >= 0.6 is 0 Å². The van der Waals surface area contributed by atoms with Gasteiger partial charge in [0.05, 0.1) is 0 Å². The Hall–Kier alpha value is -0.820. The molecular weight excluding hydrogens is 218 g/mol. The van der Waals surface area contributed by atoms with Crippen LogP contribution in [0.4, 0.5) is 0 Å². The van der Waals surface area contributed by atoms with Gasteiger partial charge in [-0.1, -0.05) is 50.1 Å². The minimum Gasteiger partial charge on any atom is -0.311 e. The van der Waals surface area contributed by atoms with Crippen LogP contribution < -0.4 is 5.32 Å². The molecule has 3 atom stereocenters. The Labute approximate surface area is 112 Å². The second-order valence-electron chi connectivity index (χ2n) is 5.80. The van der Waals surface area contributed by atoms with Gasteiger partial charge in [0.1, 0.15) is 0 Å². The standard InChI is InChI=1S/C17H27N/c1-3-16-10-7-11-17(16)18-14(2)12-13-15-8-5-4-6-9-15/h4-6,8-9,14,16-18H,3,7,10-13H2,1-2H3. The summed E-state index contributed by atoms with van der Waals surface area (Å²) in [7, 11) is 0. The summed E-state index contributed by atoms with van der Waals surface area (Å²) in [6.45, 7) is 4.67. The van der Waals surface area contributed by atoms with Gasteiger partial charge >= 0.3 is 0 Å². The zero-order valence-corrected chi connectivity index (χ0v) is 11.9. The maximum Gasteiger partial charge on any atom is 0.00977 e. The summed E-state index contributed by atoms with van der Waals surface area (Å²) in [6.07, 6.45) is 8.01. The second kappa shape index (κ2) is 6.94.